The molecule has 12 heteroatoms. The van der Waals surface area contributed by atoms with Crippen LogP contribution in [0.1, 0.15) is 69.3 Å². The predicted octanol–water partition coefficient (Wildman–Crippen LogP) is 4.40. The Morgan fingerprint density at radius 1 is 1.09 bits per heavy atom. The molecule has 0 unspecified atom stereocenters. The minimum atomic E-state index is -1.98. The van der Waals surface area contributed by atoms with Crippen LogP contribution in [0.25, 0.3) is 10.4 Å². The Balaban J connectivity index is 1.35. The molecule has 2 aromatic carbocycles. The number of thiazole rings is 1. The molecule has 4 atom stereocenters. The molecule has 2 fully saturated rings. The van der Waals surface area contributed by atoms with Crippen molar-refractivity contribution in [1.82, 2.24) is 20.5 Å². The van der Waals surface area contributed by atoms with Gasteiger partial charge in [0.05, 0.1) is 34.6 Å². The second-order valence-electron chi connectivity index (χ2n) is 13.4. The average Bonchev–Trinajstić information content (AvgIpc) is 3.44. The molecule has 1 saturated heterocycles. The summed E-state index contributed by atoms with van der Waals surface area (Å²) < 4.78 is 20.1. The first kappa shape index (κ1) is 34.2. The molecule has 10 nitrogen and oxygen atoms in total. The maximum atomic E-state index is 14.6. The lowest BCUT2D eigenvalue weighted by Crippen LogP contribution is -2.59. The summed E-state index contributed by atoms with van der Waals surface area (Å²) in [4.78, 5) is 60.0. The smallest absolute Gasteiger partial charge is 0.308 e. The standard InChI is InChI=1S/C35H41FN4O6S/c1-21-29(47-20-37-21)24-12-10-23(11-13-24)26(17-28(42)46-19-22-8-6-5-7-9-22)38-31(43)27-16-25(41)18-40(27)32(44)30(34(2,3)4)39-33(45)35(36)14-15-35/h5-13,20,25-27,30,41H,14-19H2,1-4H3,(H,38,43)(H,39,45)/t25-,26-,27+,30-/m1/s1. The minimum absolute atomic E-state index is 0.0375. The quantitative estimate of drug-likeness (QED) is 0.259. The molecule has 250 valence electrons. The number of alkyl halides is 1. The van der Waals surface area contributed by atoms with E-state index in [1.807, 2.05) is 61.5 Å². The van der Waals surface area contributed by atoms with Crippen molar-refractivity contribution in [3.63, 3.8) is 0 Å². The lowest BCUT2D eigenvalue weighted by atomic mass is 9.85. The van der Waals surface area contributed by atoms with E-state index in [1.54, 1.807) is 26.3 Å². The number of β-amino-alcohol motifs (C(OH)–C–C–N with tert-alkyl or cyclic N) is 1. The molecule has 1 aliphatic heterocycles. The number of aliphatic hydroxyl groups excluding tert-OH is 1. The average molecular weight is 665 g/mol. The van der Waals surface area contributed by atoms with Crippen LogP contribution >= 0.6 is 11.3 Å². The van der Waals surface area contributed by atoms with Crippen LogP contribution in [0.2, 0.25) is 0 Å². The Bertz CT molecular complexity index is 1600. The molecular weight excluding hydrogens is 623 g/mol. The van der Waals surface area contributed by atoms with Gasteiger partial charge in [-0.3, -0.25) is 19.2 Å². The Labute approximate surface area is 277 Å². The molecule has 1 saturated carbocycles. The highest BCUT2D eigenvalue weighted by Gasteiger charge is 2.53. The molecule has 0 bridgehead atoms. The van der Waals surface area contributed by atoms with Crippen molar-refractivity contribution in [1.29, 1.82) is 0 Å². The first-order chi connectivity index (χ1) is 22.2. The van der Waals surface area contributed by atoms with Crippen LogP contribution in [-0.4, -0.2) is 69.1 Å². The monoisotopic (exact) mass is 664 g/mol. The normalized spacial score (nSPS) is 19.8. The van der Waals surface area contributed by atoms with Crippen LogP contribution in [0, 0.1) is 12.3 Å². The Morgan fingerprint density at radius 2 is 1.77 bits per heavy atom. The molecular formula is C35H41FN4O6S. The van der Waals surface area contributed by atoms with Crippen LogP contribution in [0.4, 0.5) is 4.39 Å². The van der Waals surface area contributed by atoms with E-state index in [0.29, 0.717) is 5.56 Å². The number of ether oxygens (including phenoxy) is 1. The molecule has 2 heterocycles. The molecule has 3 aromatic rings. The van der Waals surface area contributed by atoms with E-state index in [1.165, 1.54) is 16.2 Å². The summed E-state index contributed by atoms with van der Waals surface area (Å²) >= 11 is 1.51. The lowest BCUT2D eigenvalue weighted by molar-refractivity contribution is -0.147. The highest BCUT2D eigenvalue weighted by atomic mass is 32.1. The van der Waals surface area contributed by atoms with E-state index in [0.717, 1.165) is 21.7 Å². The number of rotatable bonds is 11. The van der Waals surface area contributed by atoms with E-state index in [9.17, 15) is 28.7 Å². The van der Waals surface area contributed by atoms with E-state index < -0.39 is 59.0 Å². The number of amides is 3. The van der Waals surface area contributed by atoms with E-state index in [4.69, 9.17) is 4.74 Å². The van der Waals surface area contributed by atoms with Crippen molar-refractivity contribution in [3.05, 3.63) is 76.9 Å². The van der Waals surface area contributed by atoms with Gasteiger partial charge in [0.25, 0.3) is 5.91 Å². The molecule has 1 aliphatic carbocycles. The molecule has 47 heavy (non-hydrogen) atoms. The van der Waals surface area contributed by atoms with E-state index in [-0.39, 0.29) is 38.8 Å². The minimum Gasteiger partial charge on any atom is -0.461 e. The van der Waals surface area contributed by atoms with Gasteiger partial charge in [0.2, 0.25) is 11.8 Å². The van der Waals surface area contributed by atoms with Crippen molar-refractivity contribution in [2.45, 2.75) is 89.9 Å². The fraction of sp³-hybridized carbons (Fsp3) is 0.457. The van der Waals surface area contributed by atoms with E-state index in [2.05, 4.69) is 15.6 Å². The van der Waals surface area contributed by atoms with Crippen LogP contribution in [0.15, 0.2) is 60.1 Å². The summed E-state index contributed by atoms with van der Waals surface area (Å²) in [5.74, 6) is -2.54. The molecule has 2 aliphatic rings. The third-order valence-corrected chi connectivity index (χ3v) is 9.58. The van der Waals surface area contributed by atoms with Gasteiger partial charge in [-0.05, 0) is 41.9 Å². The summed E-state index contributed by atoms with van der Waals surface area (Å²) in [6, 6.07) is 13.7. The van der Waals surface area contributed by atoms with Gasteiger partial charge in [0.1, 0.15) is 18.7 Å². The van der Waals surface area contributed by atoms with Crippen molar-refractivity contribution in [3.8, 4) is 10.4 Å². The zero-order valence-corrected chi connectivity index (χ0v) is 27.8. The number of nitrogens with zero attached hydrogens (tertiary/aromatic N) is 2. The summed E-state index contributed by atoms with van der Waals surface area (Å²) in [6.45, 7) is 7.08. The fourth-order valence-electron chi connectivity index (χ4n) is 5.65. The number of benzene rings is 2. The number of halogens is 1. The number of carbonyl (C=O) groups excluding carboxylic acids is 4. The highest BCUT2D eigenvalue weighted by Crippen LogP contribution is 2.40. The number of aliphatic hydroxyl groups is 1. The number of esters is 1. The van der Waals surface area contributed by atoms with Crippen molar-refractivity contribution in [2.24, 2.45) is 5.41 Å². The Kier molecular flexibility index (Phi) is 10.1. The van der Waals surface area contributed by atoms with Crippen molar-refractivity contribution >= 4 is 35.0 Å². The second-order valence-corrected chi connectivity index (χ2v) is 14.3. The lowest BCUT2D eigenvalue weighted by Gasteiger charge is -2.36. The second kappa shape index (κ2) is 13.9. The topological polar surface area (TPSA) is 138 Å². The molecule has 0 spiro atoms. The van der Waals surface area contributed by atoms with Crippen molar-refractivity contribution in [2.75, 3.05) is 6.54 Å². The number of aryl methyl sites for hydroxylation is 1. The number of nitrogens with one attached hydrogen (secondary N) is 2. The summed E-state index contributed by atoms with van der Waals surface area (Å²) in [5, 5.41) is 16.1. The van der Waals surface area contributed by atoms with E-state index >= 15 is 0 Å². The highest BCUT2D eigenvalue weighted by molar-refractivity contribution is 7.13. The van der Waals surface area contributed by atoms with Gasteiger partial charge in [-0.2, -0.15) is 0 Å². The SMILES string of the molecule is Cc1ncsc1-c1ccc([C@@H](CC(=O)OCc2ccccc2)NC(=O)[C@@H]2C[C@@H](O)CN2C(=O)[C@@H](NC(=O)C2(F)CC2)C(C)(C)C)cc1. The van der Waals surface area contributed by atoms with Gasteiger partial charge < -0.3 is 25.4 Å². The van der Waals surface area contributed by atoms with Gasteiger partial charge in [0.15, 0.2) is 5.67 Å². The number of aromatic nitrogens is 1. The molecule has 3 amide bonds. The van der Waals surface area contributed by atoms with Crippen LogP contribution in [0.5, 0.6) is 0 Å². The van der Waals surface area contributed by atoms with Gasteiger partial charge in [0, 0.05) is 13.0 Å². The molecule has 5 rings (SSSR count). The first-order valence-electron chi connectivity index (χ1n) is 15.7. The van der Waals surface area contributed by atoms with Crippen LogP contribution < -0.4 is 10.6 Å². The van der Waals surface area contributed by atoms with Gasteiger partial charge >= 0.3 is 5.97 Å². The fourth-order valence-corrected chi connectivity index (χ4v) is 6.46. The Hall–Kier alpha value is -4.16. The molecule has 0 radical (unpaired) electrons. The third kappa shape index (κ3) is 8.23. The summed E-state index contributed by atoms with van der Waals surface area (Å²) in [5.41, 5.74) is 2.28. The maximum Gasteiger partial charge on any atom is 0.308 e. The predicted molar refractivity (Wildman–Crippen MR) is 175 cm³/mol. The molecule has 3 N–H and O–H groups in total. The summed E-state index contributed by atoms with van der Waals surface area (Å²) in [6.07, 6.45) is -1.02. The number of carbonyl (C=O) groups is 4. The Morgan fingerprint density at radius 3 is 2.36 bits per heavy atom. The number of hydrogen-bond donors (Lipinski definition) is 3. The van der Waals surface area contributed by atoms with Gasteiger partial charge in [-0.1, -0.05) is 75.4 Å². The maximum absolute atomic E-state index is 14.6. The third-order valence-electron chi connectivity index (χ3n) is 8.60. The van der Waals surface area contributed by atoms with Crippen LogP contribution in [-0.2, 0) is 30.5 Å². The first-order valence-corrected chi connectivity index (χ1v) is 16.6. The van der Waals surface area contributed by atoms with Crippen molar-refractivity contribution < 1.29 is 33.4 Å². The van der Waals surface area contributed by atoms with Gasteiger partial charge in [-0.25, -0.2) is 9.37 Å². The zero-order chi connectivity index (χ0) is 33.9. The summed E-state index contributed by atoms with van der Waals surface area (Å²) in [7, 11) is 0. The zero-order valence-electron chi connectivity index (χ0n) is 27.0. The molecule has 1 aromatic heterocycles. The van der Waals surface area contributed by atoms with Gasteiger partial charge in [-0.15, -0.1) is 11.3 Å². The van der Waals surface area contributed by atoms with Crippen LogP contribution in [0.3, 0.4) is 0 Å². The number of hydrogen-bond acceptors (Lipinski definition) is 8. The largest absolute Gasteiger partial charge is 0.461 e. The number of likely N-dealkylation sites (tertiary alicyclic amines) is 1.